The Morgan fingerprint density at radius 3 is 2.76 bits per heavy atom. The van der Waals surface area contributed by atoms with Gasteiger partial charge >= 0.3 is 6.09 Å². The van der Waals surface area contributed by atoms with Gasteiger partial charge in [0.15, 0.2) is 0 Å². The molecule has 2 aromatic rings. The zero-order valence-corrected chi connectivity index (χ0v) is 20.8. The van der Waals surface area contributed by atoms with E-state index in [4.69, 9.17) is 10.8 Å². The quantitative estimate of drug-likeness (QED) is 0.402. The molecule has 0 radical (unpaired) electrons. The molecule has 2 N–H and O–H groups in total. The first kappa shape index (κ1) is 24.2. The highest BCUT2D eigenvalue weighted by Gasteiger charge is 2.39. The number of rotatable bonds is 8. The minimum atomic E-state index is -1.89. The average Bonchev–Trinajstić information content (AvgIpc) is 3.58. The summed E-state index contributed by atoms with van der Waals surface area (Å²) in [5.74, 6) is -1.79. The van der Waals surface area contributed by atoms with E-state index in [1.54, 1.807) is 29.2 Å². The lowest BCUT2D eigenvalue weighted by molar-refractivity contribution is -0.136. The molecule has 4 amide bonds. The Hall–Kier alpha value is -4.15. The van der Waals surface area contributed by atoms with Crippen molar-refractivity contribution >= 4 is 29.5 Å². The second-order valence-electron chi connectivity index (χ2n) is 9.31. The Morgan fingerprint density at radius 2 is 1.97 bits per heavy atom. The van der Waals surface area contributed by atoms with E-state index in [0.29, 0.717) is 41.2 Å². The third-order valence-corrected chi connectivity index (χ3v) is 6.83. The Bertz CT molecular complexity index is 1320. The van der Waals surface area contributed by atoms with E-state index in [-0.39, 0.29) is 45.2 Å². The largest absolute Gasteiger partial charge is 0.490 e. The smallest absolute Gasteiger partial charge is 0.409 e. The molecule has 1 atom stereocenters. The number of anilines is 1. The summed E-state index contributed by atoms with van der Waals surface area (Å²) in [5, 5.41) is 5.30. The van der Waals surface area contributed by atoms with Gasteiger partial charge in [-0.3, -0.25) is 19.7 Å². The molecule has 2 saturated heterocycles. The van der Waals surface area contributed by atoms with Crippen molar-refractivity contribution in [3.05, 3.63) is 58.9 Å². The monoisotopic (exact) mass is 525 g/mol. The molecule has 5 rings (SSSR count). The zero-order chi connectivity index (χ0) is 27.6. The number of carbonyl (C=O) groups is 4. The molecule has 0 unspecified atom stereocenters. The summed E-state index contributed by atoms with van der Waals surface area (Å²) in [5.41, 5.74) is 1.82. The maximum atomic E-state index is 14.6. The fraction of sp³-hybridized carbons (Fsp3) is 0.407. The van der Waals surface area contributed by atoms with Crippen molar-refractivity contribution in [1.82, 2.24) is 15.1 Å². The van der Waals surface area contributed by atoms with Crippen molar-refractivity contribution in [3.63, 3.8) is 0 Å². The normalized spacial score (nSPS) is 21.2. The number of benzene rings is 2. The van der Waals surface area contributed by atoms with E-state index in [1.165, 1.54) is 12.1 Å². The highest BCUT2D eigenvalue weighted by atomic mass is 19.1. The number of fused-ring (bicyclic) bond motifs is 1. The molecule has 38 heavy (non-hydrogen) atoms. The molecule has 2 aromatic carbocycles. The molecule has 0 aliphatic carbocycles. The standard InChI is InChI=1S/C27H29FN4O6/c28-21-7-6-18(37-12-13-38-27(36)31-10-1-2-11-31)14-17(21)15-29-22-5-3-4-19-20(22)16-32(26(19)35)23-8-9-24(33)30-25(23)34/h3-7,14,23,29H,1-2,8-13,15-16H2,(H,30,33,34)/t23-/m1/s1/i23D. The predicted octanol–water partition coefficient (Wildman–Crippen LogP) is 2.81. The van der Waals surface area contributed by atoms with Crippen LogP contribution in [0.3, 0.4) is 0 Å². The maximum Gasteiger partial charge on any atom is 0.409 e. The lowest BCUT2D eigenvalue weighted by Crippen LogP contribution is -2.52. The number of nitrogens with one attached hydrogen (secondary N) is 2. The van der Waals surface area contributed by atoms with Crippen molar-refractivity contribution < 1.29 is 34.4 Å². The number of hydrogen-bond acceptors (Lipinski definition) is 7. The van der Waals surface area contributed by atoms with Crippen LogP contribution in [0.4, 0.5) is 14.9 Å². The van der Waals surface area contributed by atoms with Crippen LogP contribution in [-0.4, -0.2) is 65.9 Å². The zero-order valence-electron chi connectivity index (χ0n) is 21.8. The number of halogens is 1. The summed E-state index contributed by atoms with van der Waals surface area (Å²) in [4.78, 5) is 51.9. The van der Waals surface area contributed by atoms with Crippen LogP contribution in [0.25, 0.3) is 0 Å². The van der Waals surface area contributed by atoms with Crippen LogP contribution in [-0.2, 0) is 27.4 Å². The number of hydrogen-bond donors (Lipinski definition) is 2. The number of ether oxygens (including phenoxy) is 2. The number of imide groups is 1. The van der Waals surface area contributed by atoms with Crippen molar-refractivity contribution in [3.8, 4) is 5.75 Å². The Balaban J connectivity index is 1.21. The van der Waals surface area contributed by atoms with Gasteiger partial charge in [0.2, 0.25) is 11.8 Å². The second-order valence-corrected chi connectivity index (χ2v) is 9.31. The van der Waals surface area contributed by atoms with Gasteiger partial charge in [0.1, 0.15) is 30.8 Å². The van der Waals surface area contributed by atoms with Crippen molar-refractivity contribution in [2.75, 3.05) is 31.6 Å². The highest BCUT2D eigenvalue weighted by Crippen LogP contribution is 2.32. The third kappa shape index (κ3) is 5.41. The van der Waals surface area contributed by atoms with E-state index in [9.17, 15) is 23.6 Å². The van der Waals surface area contributed by atoms with E-state index in [2.05, 4.69) is 10.6 Å². The Morgan fingerprint density at radius 1 is 1.16 bits per heavy atom. The van der Waals surface area contributed by atoms with Crippen LogP contribution in [0.5, 0.6) is 5.75 Å². The fourth-order valence-electron chi connectivity index (χ4n) is 4.83. The first-order chi connectivity index (χ1) is 18.8. The molecule has 10 nitrogen and oxygen atoms in total. The van der Waals surface area contributed by atoms with Crippen LogP contribution in [0.15, 0.2) is 36.4 Å². The molecule has 3 heterocycles. The minimum Gasteiger partial charge on any atom is -0.490 e. The van der Waals surface area contributed by atoms with Crippen LogP contribution < -0.4 is 15.4 Å². The number of amides is 4. The molecule has 200 valence electrons. The van der Waals surface area contributed by atoms with Gasteiger partial charge in [0.25, 0.3) is 5.91 Å². The lowest BCUT2D eigenvalue weighted by Gasteiger charge is -2.29. The van der Waals surface area contributed by atoms with Gasteiger partial charge in [0.05, 0.1) is 1.37 Å². The summed E-state index contributed by atoms with van der Waals surface area (Å²) in [6.45, 7) is 1.68. The van der Waals surface area contributed by atoms with Gasteiger partial charge in [-0.1, -0.05) is 6.07 Å². The topological polar surface area (TPSA) is 117 Å². The van der Waals surface area contributed by atoms with Crippen molar-refractivity contribution in [1.29, 1.82) is 0 Å². The summed E-state index contributed by atoms with van der Waals surface area (Å²) in [6.07, 6.45) is 1.47. The summed E-state index contributed by atoms with van der Waals surface area (Å²) >= 11 is 0. The summed E-state index contributed by atoms with van der Waals surface area (Å²) < 4.78 is 34.1. The molecular weight excluding hydrogens is 495 g/mol. The molecular formula is C27H29FN4O6. The first-order valence-electron chi connectivity index (χ1n) is 13.1. The molecule has 0 aromatic heterocycles. The maximum absolute atomic E-state index is 14.6. The Labute approximate surface area is 220 Å². The van der Waals surface area contributed by atoms with E-state index in [0.717, 1.165) is 17.7 Å². The van der Waals surface area contributed by atoms with Crippen LogP contribution in [0.1, 0.15) is 48.5 Å². The predicted molar refractivity (Wildman–Crippen MR) is 134 cm³/mol. The molecule has 0 bridgehead atoms. The Kier molecular flexibility index (Phi) is 7.05. The molecule has 3 aliphatic heterocycles. The van der Waals surface area contributed by atoms with Gasteiger partial charge in [-0.05, 0) is 49.6 Å². The third-order valence-electron chi connectivity index (χ3n) is 6.83. The van der Waals surface area contributed by atoms with Crippen molar-refractivity contribution in [2.45, 2.75) is 44.8 Å². The summed E-state index contributed by atoms with van der Waals surface area (Å²) in [7, 11) is 0. The van der Waals surface area contributed by atoms with Gasteiger partial charge in [-0.2, -0.15) is 0 Å². The SMILES string of the molecule is [2H][C@@]1(N2Cc3c(NCc4cc(OCCOC(=O)N5CCCC5)ccc4F)cccc3C2=O)CCC(=O)NC1=O. The van der Waals surface area contributed by atoms with E-state index >= 15 is 0 Å². The van der Waals surface area contributed by atoms with Crippen molar-refractivity contribution in [2.24, 2.45) is 0 Å². The van der Waals surface area contributed by atoms with Gasteiger partial charge < -0.3 is 24.6 Å². The van der Waals surface area contributed by atoms with E-state index in [1.807, 2.05) is 0 Å². The highest BCUT2D eigenvalue weighted by molar-refractivity contribution is 6.06. The first-order valence-corrected chi connectivity index (χ1v) is 12.6. The van der Waals surface area contributed by atoms with Crippen LogP contribution >= 0.6 is 0 Å². The van der Waals surface area contributed by atoms with Gasteiger partial charge in [-0.15, -0.1) is 0 Å². The van der Waals surface area contributed by atoms with Crippen LogP contribution in [0, 0.1) is 5.82 Å². The molecule has 2 fully saturated rings. The molecule has 0 spiro atoms. The lowest BCUT2D eigenvalue weighted by atomic mass is 10.0. The number of nitrogens with zero attached hydrogens (tertiary/aromatic N) is 2. The molecule has 11 heteroatoms. The molecule has 0 saturated carbocycles. The summed E-state index contributed by atoms with van der Waals surface area (Å²) in [6, 6.07) is 7.47. The second kappa shape index (κ2) is 11.1. The number of carbonyl (C=O) groups excluding carboxylic acids is 4. The average molecular weight is 526 g/mol. The van der Waals surface area contributed by atoms with Gasteiger partial charge in [-0.25, -0.2) is 9.18 Å². The number of likely N-dealkylation sites (tertiary alicyclic amines) is 1. The number of piperidine rings is 1. The minimum absolute atomic E-state index is 0.00420. The van der Waals surface area contributed by atoms with E-state index < -0.39 is 29.6 Å². The van der Waals surface area contributed by atoms with Gasteiger partial charge in [0, 0.05) is 55.0 Å². The fourth-order valence-corrected chi connectivity index (χ4v) is 4.83. The van der Waals surface area contributed by atoms with Crippen LogP contribution in [0.2, 0.25) is 0 Å². The molecule has 3 aliphatic rings.